The van der Waals surface area contributed by atoms with Crippen LogP contribution >= 0.6 is 0 Å². The van der Waals surface area contributed by atoms with Crippen LogP contribution in [0.5, 0.6) is 0 Å². The van der Waals surface area contributed by atoms with Crippen molar-refractivity contribution in [3.63, 3.8) is 0 Å². The highest BCUT2D eigenvalue weighted by atomic mass is 19.1. The van der Waals surface area contributed by atoms with Crippen molar-refractivity contribution >= 4 is 0 Å². The molecule has 0 amide bonds. The second kappa shape index (κ2) is 5.47. The van der Waals surface area contributed by atoms with Crippen molar-refractivity contribution in [2.75, 3.05) is 6.54 Å². The highest BCUT2D eigenvalue weighted by Crippen LogP contribution is 2.19. The molecular formula is C12H13F2N. The van der Waals surface area contributed by atoms with Gasteiger partial charge in [-0.1, -0.05) is 6.07 Å². The Labute approximate surface area is 88.5 Å². The number of terminal acetylenes is 1. The van der Waals surface area contributed by atoms with Crippen molar-refractivity contribution in [3.05, 3.63) is 35.4 Å². The molecule has 0 aromatic heterocycles. The molecule has 1 aromatic carbocycles. The van der Waals surface area contributed by atoms with Gasteiger partial charge in [-0.2, -0.15) is 0 Å². The molecule has 0 aliphatic heterocycles. The van der Waals surface area contributed by atoms with Crippen molar-refractivity contribution < 1.29 is 8.78 Å². The molecule has 0 fully saturated rings. The van der Waals surface area contributed by atoms with Gasteiger partial charge in [0.2, 0.25) is 0 Å². The number of hydrogen-bond donors (Lipinski definition) is 1. The summed E-state index contributed by atoms with van der Waals surface area (Å²) < 4.78 is 26.6. The Morgan fingerprint density at radius 3 is 2.53 bits per heavy atom. The molecule has 0 spiro atoms. The molecule has 80 valence electrons. The lowest BCUT2D eigenvalue weighted by atomic mass is 10.1. The smallest absolute Gasteiger partial charge is 0.130 e. The van der Waals surface area contributed by atoms with Gasteiger partial charge in [-0.05, 0) is 19.1 Å². The zero-order valence-electron chi connectivity index (χ0n) is 8.56. The van der Waals surface area contributed by atoms with Gasteiger partial charge in [0.15, 0.2) is 0 Å². The molecule has 0 aliphatic carbocycles. The third kappa shape index (κ3) is 3.03. The monoisotopic (exact) mass is 209 g/mol. The molecule has 0 radical (unpaired) electrons. The van der Waals surface area contributed by atoms with Gasteiger partial charge in [-0.25, -0.2) is 8.78 Å². The molecule has 0 heterocycles. The summed E-state index contributed by atoms with van der Waals surface area (Å²) in [6.45, 7) is 2.25. The van der Waals surface area contributed by atoms with Crippen LogP contribution in [0.2, 0.25) is 0 Å². The molecule has 0 aliphatic rings. The molecule has 1 nitrogen and oxygen atoms in total. The van der Waals surface area contributed by atoms with Crippen molar-refractivity contribution in [1.82, 2.24) is 5.32 Å². The zero-order valence-corrected chi connectivity index (χ0v) is 8.56. The summed E-state index contributed by atoms with van der Waals surface area (Å²) in [4.78, 5) is 0. The lowest BCUT2D eigenvalue weighted by molar-refractivity contribution is 0.492. The predicted molar refractivity (Wildman–Crippen MR) is 56.2 cm³/mol. The molecule has 3 heteroatoms. The van der Waals surface area contributed by atoms with Crippen LogP contribution in [0.4, 0.5) is 8.78 Å². The summed E-state index contributed by atoms with van der Waals surface area (Å²) in [6, 6.07) is 3.47. The molecule has 1 rings (SSSR count). The second-order valence-electron chi connectivity index (χ2n) is 3.27. The Morgan fingerprint density at radius 2 is 2.00 bits per heavy atom. The second-order valence-corrected chi connectivity index (χ2v) is 3.27. The van der Waals surface area contributed by atoms with Crippen LogP contribution in [-0.2, 0) is 0 Å². The molecule has 0 saturated carbocycles. The topological polar surface area (TPSA) is 12.0 Å². The normalized spacial score (nSPS) is 12.1. The average Bonchev–Trinajstić information content (AvgIpc) is 2.18. The van der Waals surface area contributed by atoms with Gasteiger partial charge >= 0.3 is 0 Å². The highest BCUT2D eigenvalue weighted by Gasteiger charge is 2.14. The van der Waals surface area contributed by atoms with E-state index < -0.39 is 11.6 Å². The van der Waals surface area contributed by atoms with Gasteiger partial charge in [0, 0.05) is 24.6 Å². The van der Waals surface area contributed by atoms with Crippen LogP contribution < -0.4 is 5.32 Å². The third-order valence-corrected chi connectivity index (χ3v) is 2.15. The lowest BCUT2D eigenvalue weighted by Gasteiger charge is -2.14. The van der Waals surface area contributed by atoms with E-state index in [0.29, 0.717) is 13.0 Å². The highest BCUT2D eigenvalue weighted by molar-refractivity contribution is 5.22. The van der Waals surface area contributed by atoms with E-state index in [-0.39, 0.29) is 11.6 Å². The molecule has 1 unspecified atom stereocenters. The van der Waals surface area contributed by atoms with E-state index in [0.717, 1.165) is 0 Å². The first-order valence-corrected chi connectivity index (χ1v) is 4.77. The minimum absolute atomic E-state index is 0.0644. The minimum atomic E-state index is -0.532. The fraction of sp³-hybridized carbons (Fsp3) is 0.333. The first kappa shape index (κ1) is 11.7. The number of benzene rings is 1. The Morgan fingerprint density at radius 1 is 1.40 bits per heavy atom. The molecule has 1 atom stereocenters. The minimum Gasteiger partial charge on any atom is -0.309 e. The van der Waals surface area contributed by atoms with Crippen LogP contribution in [0.3, 0.4) is 0 Å². The standard InChI is InChI=1S/C12H13F2N/c1-3-4-8-15-9(2)12-10(13)6-5-7-11(12)14/h1,5-7,9,15H,4,8H2,2H3. The van der Waals surface area contributed by atoms with Crippen LogP contribution in [-0.4, -0.2) is 6.54 Å². The summed E-state index contributed by atoms with van der Waals surface area (Å²) in [5.41, 5.74) is 0.0644. The third-order valence-electron chi connectivity index (χ3n) is 2.15. The summed E-state index contributed by atoms with van der Waals surface area (Å²) in [6.07, 6.45) is 5.62. The van der Waals surface area contributed by atoms with Gasteiger partial charge < -0.3 is 5.32 Å². The maximum absolute atomic E-state index is 13.3. The van der Waals surface area contributed by atoms with Crippen LogP contribution in [0.1, 0.15) is 24.9 Å². The maximum atomic E-state index is 13.3. The van der Waals surface area contributed by atoms with Crippen molar-refractivity contribution in [1.29, 1.82) is 0 Å². The SMILES string of the molecule is C#CCCNC(C)c1c(F)cccc1F. The Balaban J connectivity index is 2.73. The van der Waals surface area contributed by atoms with Gasteiger partial charge in [0.25, 0.3) is 0 Å². The van der Waals surface area contributed by atoms with Crippen LogP contribution in [0.15, 0.2) is 18.2 Å². The summed E-state index contributed by atoms with van der Waals surface area (Å²) in [7, 11) is 0. The van der Waals surface area contributed by atoms with E-state index in [2.05, 4.69) is 11.2 Å². The molecule has 15 heavy (non-hydrogen) atoms. The zero-order chi connectivity index (χ0) is 11.3. The van der Waals surface area contributed by atoms with Crippen LogP contribution in [0, 0.1) is 24.0 Å². The van der Waals surface area contributed by atoms with Crippen LogP contribution in [0.25, 0.3) is 0 Å². The molecule has 0 saturated heterocycles. The first-order valence-electron chi connectivity index (χ1n) is 4.77. The number of halogens is 2. The van der Waals surface area contributed by atoms with E-state index in [1.807, 2.05) is 0 Å². The summed E-state index contributed by atoms with van der Waals surface area (Å²) in [5, 5.41) is 2.96. The molecular weight excluding hydrogens is 196 g/mol. The van der Waals surface area contributed by atoms with Gasteiger partial charge in [-0.15, -0.1) is 12.3 Å². The van der Waals surface area contributed by atoms with E-state index in [9.17, 15) is 8.78 Å². The average molecular weight is 209 g/mol. The van der Waals surface area contributed by atoms with E-state index >= 15 is 0 Å². The van der Waals surface area contributed by atoms with E-state index in [4.69, 9.17) is 6.42 Å². The Kier molecular flexibility index (Phi) is 4.26. The fourth-order valence-electron chi connectivity index (χ4n) is 1.39. The van der Waals surface area contributed by atoms with E-state index in [1.165, 1.54) is 18.2 Å². The lowest BCUT2D eigenvalue weighted by Crippen LogP contribution is -2.21. The summed E-state index contributed by atoms with van der Waals surface area (Å²) in [5.74, 6) is 1.39. The van der Waals surface area contributed by atoms with Gasteiger partial charge in [-0.3, -0.25) is 0 Å². The number of nitrogens with one attached hydrogen (secondary N) is 1. The molecule has 0 bridgehead atoms. The van der Waals surface area contributed by atoms with Gasteiger partial charge in [0.1, 0.15) is 11.6 Å². The predicted octanol–water partition coefficient (Wildman–Crippen LogP) is 2.64. The largest absolute Gasteiger partial charge is 0.309 e. The number of hydrogen-bond acceptors (Lipinski definition) is 1. The maximum Gasteiger partial charge on any atom is 0.130 e. The quantitative estimate of drug-likeness (QED) is 0.593. The first-order chi connectivity index (χ1) is 7.16. The van der Waals surface area contributed by atoms with E-state index in [1.54, 1.807) is 6.92 Å². The molecule has 1 N–H and O–H groups in total. The van der Waals surface area contributed by atoms with Crippen molar-refractivity contribution in [2.24, 2.45) is 0 Å². The fourth-order valence-corrected chi connectivity index (χ4v) is 1.39. The van der Waals surface area contributed by atoms with Crippen molar-refractivity contribution in [3.8, 4) is 12.3 Å². The van der Waals surface area contributed by atoms with Crippen molar-refractivity contribution in [2.45, 2.75) is 19.4 Å². The van der Waals surface area contributed by atoms with Gasteiger partial charge in [0.05, 0.1) is 0 Å². The number of rotatable bonds is 4. The Bertz CT molecular complexity index is 348. The summed E-state index contributed by atoms with van der Waals surface area (Å²) >= 11 is 0. The molecule has 1 aromatic rings. The Hall–Kier alpha value is -1.40.